The van der Waals surface area contributed by atoms with Crippen LogP contribution in [0.1, 0.15) is 25.0 Å². The fourth-order valence-electron chi connectivity index (χ4n) is 8.41. The molecular formula is C45H32N2. The minimum Gasteiger partial charge on any atom is -0.309 e. The number of nitrogens with zero attached hydrogens (tertiary/aromatic N) is 2. The molecule has 2 heteroatoms. The van der Waals surface area contributed by atoms with Gasteiger partial charge in [0.25, 0.3) is 0 Å². The molecular weight excluding hydrogens is 569 g/mol. The largest absolute Gasteiger partial charge is 0.309 e. The molecule has 0 saturated heterocycles. The Bertz CT molecular complexity index is 2650. The Labute approximate surface area is 273 Å². The molecule has 7 aromatic carbocycles. The molecule has 10 rings (SSSR count). The van der Waals surface area contributed by atoms with Crippen LogP contribution in [0.2, 0.25) is 0 Å². The van der Waals surface area contributed by atoms with Crippen LogP contribution in [0.15, 0.2) is 158 Å². The molecule has 0 unspecified atom stereocenters. The highest BCUT2D eigenvalue weighted by molar-refractivity contribution is 6.14. The predicted molar refractivity (Wildman–Crippen MR) is 198 cm³/mol. The topological polar surface area (TPSA) is 9.86 Å². The molecule has 0 atom stereocenters. The van der Waals surface area contributed by atoms with Gasteiger partial charge in [-0.1, -0.05) is 123 Å². The van der Waals surface area contributed by atoms with Crippen molar-refractivity contribution < 1.29 is 0 Å². The van der Waals surface area contributed by atoms with Crippen LogP contribution in [-0.2, 0) is 5.41 Å². The van der Waals surface area contributed by atoms with Gasteiger partial charge in [-0.25, -0.2) is 0 Å². The van der Waals surface area contributed by atoms with Crippen molar-refractivity contribution in [2.75, 3.05) is 0 Å². The molecule has 47 heavy (non-hydrogen) atoms. The minimum atomic E-state index is -0.119. The summed E-state index contributed by atoms with van der Waals surface area (Å²) in [4.78, 5) is 0. The van der Waals surface area contributed by atoms with E-state index < -0.39 is 0 Å². The van der Waals surface area contributed by atoms with Gasteiger partial charge >= 0.3 is 0 Å². The average Bonchev–Trinajstić information content (AvgIpc) is 3.72. The summed E-state index contributed by atoms with van der Waals surface area (Å²) in [7, 11) is 0. The third-order valence-corrected chi connectivity index (χ3v) is 10.5. The van der Waals surface area contributed by atoms with Crippen LogP contribution in [0.4, 0.5) is 0 Å². The fourth-order valence-corrected chi connectivity index (χ4v) is 8.41. The Morgan fingerprint density at radius 1 is 0.404 bits per heavy atom. The standard InChI is InChI=1S/C45H32N2/c1-45(2)39-20-9-6-17-33(39)36-24-25-37-38-28-30(23-26-42(38)47(44(37)43(36)45)31-14-4-3-5-15-31)29-13-12-16-32(27-29)46-40-21-10-7-18-34(40)35-19-8-11-22-41(35)46/h3-28H,1-2H3. The van der Waals surface area contributed by atoms with Gasteiger partial charge in [-0.2, -0.15) is 0 Å². The van der Waals surface area contributed by atoms with Crippen LogP contribution >= 0.6 is 0 Å². The molecule has 0 saturated carbocycles. The Hall–Kier alpha value is -5.86. The zero-order valence-electron chi connectivity index (χ0n) is 26.4. The Kier molecular flexibility index (Phi) is 5.37. The molecule has 0 N–H and O–H groups in total. The van der Waals surface area contributed by atoms with Crippen molar-refractivity contribution in [3.63, 3.8) is 0 Å². The van der Waals surface area contributed by atoms with E-state index in [1.165, 1.54) is 88.4 Å². The Morgan fingerprint density at radius 2 is 1.04 bits per heavy atom. The van der Waals surface area contributed by atoms with Crippen molar-refractivity contribution >= 4 is 43.6 Å². The van der Waals surface area contributed by atoms with Crippen molar-refractivity contribution in [3.05, 3.63) is 169 Å². The Balaban J connectivity index is 1.22. The van der Waals surface area contributed by atoms with Crippen molar-refractivity contribution in [2.45, 2.75) is 19.3 Å². The first-order chi connectivity index (χ1) is 23.1. The molecule has 0 amide bonds. The maximum absolute atomic E-state index is 2.50. The summed E-state index contributed by atoms with van der Waals surface area (Å²) in [5, 5.41) is 5.13. The highest BCUT2D eigenvalue weighted by Crippen LogP contribution is 2.53. The van der Waals surface area contributed by atoms with E-state index >= 15 is 0 Å². The van der Waals surface area contributed by atoms with Gasteiger partial charge in [0, 0.05) is 38.3 Å². The van der Waals surface area contributed by atoms with E-state index in [2.05, 4.69) is 181 Å². The number of fused-ring (bicyclic) bond motifs is 10. The van der Waals surface area contributed by atoms with E-state index in [-0.39, 0.29) is 5.41 Å². The summed E-state index contributed by atoms with van der Waals surface area (Å²) in [5.74, 6) is 0. The molecule has 1 aliphatic carbocycles. The zero-order valence-corrected chi connectivity index (χ0v) is 26.4. The summed E-state index contributed by atoms with van der Waals surface area (Å²) >= 11 is 0. The van der Waals surface area contributed by atoms with E-state index in [1.54, 1.807) is 0 Å². The second kappa shape index (κ2) is 9.57. The van der Waals surface area contributed by atoms with Crippen molar-refractivity contribution in [2.24, 2.45) is 0 Å². The van der Waals surface area contributed by atoms with Gasteiger partial charge in [-0.15, -0.1) is 0 Å². The van der Waals surface area contributed by atoms with Gasteiger partial charge in [-0.05, 0) is 81.9 Å². The lowest BCUT2D eigenvalue weighted by Crippen LogP contribution is -2.16. The molecule has 2 nitrogen and oxygen atoms in total. The van der Waals surface area contributed by atoms with Gasteiger partial charge in [0.2, 0.25) is 0 Å². The third-order valence-electron chi connectivity index (χ3n) is 10.5. The third kappa shape index (κ3) is 3.61. The smallest absolute Gasteiger partial charge is 0.0588 e. The van der Waals surface area contributed by atoms with Crippen LogP contribution in [0, 0.1) is 0 Å². The average molecular weight is 601 g/mol. The molecule has 0 spiro atoms. The maximum Gasteiger partial charge on any atom is 0.0588 e. The van der Waals surface area contributed by atoms with Crippen LogP contribution in [0.25, 0.3) is 77.2 Å². The van der Waals surface area contributed by atoms with Crippen LogP contribution in [0.3, 0.4) is 0 Å². The molecule has 9 aromatic rings. The van der Waals surface area contributed by atoms with Crippen LogP contribution in [-0.4, -0.2) is 9.13 Å². The highest BCUT2D eigenvalue weighted by atomic mass is 15.0. The molecule has 2 aromatic heterocycles. The van der Waals surface area contributed by atoms with Gasteiger partial charge in [-0.3, -0.25) is 0 Å². The van der Waals surface area contributed by atoms with Crippen LogP contribution in [0.5, 0.6) is 0 Å². The quantitative estimate of drug-likeness (QED) is 0.191. The first-order valence-electron chi connectivity index (χ1n) is 16.5. The molecule has 2 heterocycles. The second-order valence-corrected chi connectivity index (χ2v) is 13.4. The monoisotopic (exact) mass is 600 g/mol. The van der Waals surface area contributed by atoms with E-state index in [4.69, 9.17) is 0 Å². The van der Waals surface area contributed by atoms with Gasteiger partial charge in [0.05, 0.1) is 22.1 Å². The molecule has 1 aliphatic rings. The van der Waals surface area contributed by atoms with Gasteiger partial charge in [0.1, 0.15) is 0 Å². The summed E-state index contributed by atoms with van der Waals surface area (Å²) in [6.07, 6.45) is 0. The first kappa shape index (κ1) is 26.4. The first-order valence-corrected chi connectivity index (χ1v) is 16.5. The van der Waals surface area contributed by atoms with Gasteiger partial charge < -0.3 is 9.13 Å². The number of para-hydroxylation sites is 3. The summed E-state index contributed by atoms with van der Waals surface area (Å²) < 4.78 is 4.90. The maximum atomic E-state index is 2.50. The van der Waals surface area contributed by atoms with Gasteiger partial charge in [0.15, 0.2) is 0 Å². The number of hydrogen-bond donors (Lipinski definition) is 0. The lowest BCUT2D eigenvalue weighted by Gasteiger charge is -2.23. The lowest BCUT2D eigenvalue weighted by atomic mass is 9.81. The molecule has 222 valence electrons. The lowest BCUT2D eigenvalue weighted by molar-refractivity contribution is 0.664. The predicted octanol–water partition coefficient (Wildman–Crippen LogP) is 11.9. The number of benzene rings is 7. The Morgan fingerprint density at radius 3 is 1.83 bits per heavy atom. The molecule has 0 bridgehead atoms. The molecule has 0 aliphatic heterocycles. The van der Waals surface area contributed by atoms with E-state index in [0.717, 1.165) is 0 Å². The van der Waals surface area contributed by atoms with E-state index in [9.17, 15) is 0 Å². The second-order valence-electron chi connectivity index (χ2n) is 13.4. The van der Waals surface area contributed by atoms with Crippen molar-refractivity contribution in [3.8, 4) is 33.6 Å². The SMILES string of the molecule is CC1(C)c2ccccc2-c2ccc3c4cc(-c5cccc(-n6c7ccccc7c7ccccc76)c5)ccc4n(-c4ccccc4)c3c21. The number of aromatic nitrogens is 2. The minimum absolute atomic E-state index is 0.119. The zero-order chi connectivity index (χ0) is 31.3. The molecule has 0 fully saturated rings. The summed E-state index contributed by atoms with van der Waals surface area (Å²) in [6, 6.07) is 58.0. The van der Waals surface area contributed by atoms with E-state index in [1.807, 2.05) is 0 Å². The van der Waals surface area contributed by atoms with Crippen LogP contribution < -0.4 is 0 Å². The van der Waals surface area contributed by atoms with E-state index in [0.29, 0.717) is 0 Å². The highest BCUT2D eigenvalue weighted by Gasteiger charge is 2.38. The fraction of sp³-hybridized carbons (Fsp3) is 0.0667. The molecule has 0 radical (unpaired) electrons. The van der Waals surface area contributed by atoms with Crippen molar-refractivity contribution in [1.29, 1.82) is 0 Å². The number of hydrogen-bond acceptors (Lipinski definition) is 0. The van der Waals surface area contributed by atoms with Crippen molar-refractivity contribution in [1.82, 2.24) is 9.13 Å². The normalized spacial score (nSPS) is 13.5. The number of rotatable bonds is 3. The summed E-state index contributed by atoms with van der Waals surface area (Å²) in [5.41, 5.74) is 15.2. The summed E-state index contributed by atoms with van der Waals surface area (Å²) in [6.45, 7) is 4.77.